The number of hydrazone groups is 1. The Morgan fingerprint density at radius 3 is 2.26 bits per heavy atom. The number of benzene rings is 2. The molecule has 2 rings (SSSR count). The van der Waals surface area contributed by atoms with Crippen LogP contribution in [0.2, 0.25) is 0 Å². The summed E-state index contributed by atoms with van der Waals surface area (Å²) in [5.41, 5.74) is 6.09. The molecule has 0 fully saturated rings. The van der Waals surface area contributed by atoms with Gasteiger partial charge in [0.25, 0.3) is 0 Å². The third-order valence-corrected chi connectivity index (χ3v) is 3.64. The molecular weight excluding hydrogens is 302 g/mol. The zero-order chi connectivity index (χ0) is 16.3. The van der Waals surface area contributed by atoms with E-state index in [4.69, 9.17) is 12.2 Å². The van der Waals surface area contributed by atoms with Gasteiger partial charge in [-0.3, -0.25) is 5.43 Å². The van der Waals surface area contributed by atoms with E-state index in [0.717, 1.165) is 29.8 Å². The van der Waals surface area contributed by atoms with Gasteiger partial charge in [0.2, 0.25) is 0 Å². The minimum Gasteiger partial charge on any atom is -0.331 e. The lowest BCUT2D eigenvalue weighted by molar-refractivity contribution is 0.739. The first-order valence-electron chi connectivity index (χ1n) is 8.03. The molecule has 2 aromatic carbocycles. The summed E-state index contributed by atoms with van der Waals surface area (Å²) in [6.45, 7) is 2.20. The van der Waals surface area contributed by atoms with Gasteiger partial charge in [-0.1, -0.05) is 68.3 Å². The number of hydrogen-bond acceptors (Lipinski definition) is 2. The molecule has 0 saturated carbocycles. The molecule has 0 heterocycles. The van der Waals surface area contributed by atoms with Crippen LogP contribution in [0.3, 0.4) is 0 Å². The quantitative estimate of drug-likeness (QED) is 0.327. The molecule has 0 radical (unpaired) electrons. The van der Waals surface area contributed by atoms with Crippen molar-refractivity contribution in [1.82, 2.24) is 5.43 Å². The molecule has 0 bridgehead atoms. The third kappa shape index (κ3) is 6.20. The molecular formula is C19H23N3S. The van der Waals surface area contributed by atoms with E-state index in [9.17, 15) is 0 Å². The minimum absolute atomic E-state index is 0.500. The number of nitrogens with one attached hydrogen (secondary N) is 2. The van der Waals surface area contributed by atoms with Gasteiger partial charge in [-0.05, 0) is 42.8 Å². The molecule has 0 aliphatic carbocycles. The van der Waals surface area contributed by atoms with Crippen LogP contribution < -0.4 is 10.7 Å². The molecule has 0 aromatic heterocycles. The van der Waals surface area contributed by atoms with Crippen molar-refractivity contribution in [2.45, 2.75) is 32.6 Å². The first kappa shape index (κ1) is 17.2. The fraction of sp³-hybridized carbons (Fsp3) is 0.263. The third-order valence-electron chi connectivity index (χ3n) is 3.45. The number of rotatable bonds is 7. The highest BCUT2D eigenvalue weighted by molar-refractivity contribution is 7.80. The molecule has 0 spiro atoms. The first-order chi connectivity index (χ1) is 11.3. The highest BCUT2D eigenvalue weighted by atomic mass is 32.1. The Balaban J connectivity index is 2.00. The number of unbranched alkanes of at least 4 members (excludes halogenated alkanes) is 2. The van der Waals surface area contributed by atoms with E-state index < -0.39 is 0 Å². The zero-order valence-electron chi connectivity index (χ0n) is 13.5. The van der Waals surface area contributed by atoms with E-state index in [2.05, 4.69) is 34.9 Å². The van der Waals surface area contributed by atoms with E-state index in [1.54, 1.807) is 0 Å². The van der Waals surface area contributed by atoms with Gasteiger partial charge in [0.1, 0.15) is 0 Å². The molecule has 2 N–H and O–H groups in total. The Bertz CT molecular complexity index is 624. The number of hydrogen-bond donors (Lipinski definition) is 2. The zero-order valence-corrected chi connectivity index (χ0v) is 14.3. The first-order valence-corrected chi connectivity index (χ1v) is 8.44. The molecule has 120 valence electrons. The Labute approximate surface area is 143 Å². The maximum atomic E-state index is 5.31. The van der Waals surface area contributed by atoms with Crippen molar-refractivity contribution >= 4 is 28.7 Å². The summed E-state index contributed by atoms with van der Waals surface area (Å²) in [5, 5.41) is 8.15. The van der Waals surface area contributed by atoms with Crippen LogP contribution in [0.1, 0.15) is 38.2 Å². The SMILES string of the molecule is CCCCC/C(=N\NC(=S)Nc1ccccc1)c1ccccc1. The van der Waals surface area contributed by atoms with Crippen molar-refractivity contribution in [3.63, 3.8) is 0 Å². The van der Waals surface area contributed by atoms with Gasteiger partial charge < -0.3 is 5.32 Å². The van der Waals surface area contributed by atoms with Gasteiger partial charge in [0, 0.05) is 5.69 Å². The van der Waals surface area contributed by atoms with E-state index in [-0.39, 0.29) is 0 Å². The van der Waals surface area contributed by atoms with Crippen LogP contribution in [0.15, 0.2) is 65.8 Å². The van der Waals surface area contributed by atoms with Crippen molar-refractivity contribution in [3.05, 3.63) is 66.2 Å². The van der Waals surface area contributed by atoms with Crippen molar-refractivity contribution in [1.29, 1.82) is 0 Å². The second-order valence-corrected chi connectivity index (χ2v) is 5.72. The summed E-state index contributed by atoms with van der Waals surface area (Å²) in [5.74, 6) is 0. The molecule has 0 unspecified atom stereocenters. The topological polar surface area (TPSA) is 36.4 Å². The average Bonchev–Trinajstić information content (AvgIpc) is 2.59. The molecule has 23 heavy (non-hydrogen) atoms. The molecule has 4 heteroatoms. The van der Waals surface area contributed by atoms with E-state index in [0.29, 0.717) is 5.11 Å². The minimum atomic E-state index is 0.500. The molecule has 0 aliphatic rings. The Hall–Kier alpha value is -2.20. The highest BCUT2D eigenvalue weighted by Gasteiger charge is 2.04. The Kier molecular flexibility index (Phi) is 7.27. The lowest BCUT2D eigenvalue weighted by Gasteiger charge is -2.10. The molecule has 0 atom stereocenters. The molecule has 3 nitrogen and oxygen atoms in total. The summed E-state index contributed by atoms with van der Waals surface area (Å²) < 4.78 is 0. The van der Waals surface area contributed by atoms with Crippen LogP contribution in [0.4, 0.5) is 5.69 Å². The van der Waals surface area contributed by atoms with E-state index in [1.807, 2.05) is 48.5 Å². The lowest BCUT2D eigenvalue weighted by Crippen LogP contribution is -2.25. The summed E-state index contributed by atoms with van der Waals surface area (Å²) in [6, 6.07) is 20.1. The van der Waals surface area contributed by atoms with Crippen molar-refractivity contribution in [2.24, 2.45) is 5.10 Å². The van der Waals surface area contributed by atoms with E-state index in [1.165, 1.54) is 12.8 Å². The van der Waals surface area contributed by atoms with Crippen LogP contribution in [0.5, 0.6) is 0 Å². The second kappa shape index (κ2) is 9.74. The molecule has 0 saturated heterocycles. The second-order valence-electron chi connectivity index (χ2n) is 5.31. The van der Waals surface area contributed by atoms with Gasteiger partial charge in [-0.2, -0.15) is 5.10 Å². The summed E-state index contributed by atoms with van der Waals surface area (Å²) in [4.78, 5) is 0. The monoisotopic (exact) mass is 325 g/mol. The highest BCUT2D eigenvalue weighted by Crippen LogP contribution is 2.09. The van der Waals surface area contributed by atoms with Gasteiger partial charge in [-0.25, -0.2) is 0 Å². The van der Waals surface area contributed by atoms with Crippen LogP contribution in [-0.4, -0.2) is 10.8 Å². The van der Waals surface area contributed by atoms with Crippen molar-refractivity contribution < 1.29 is 0 Å². The Morgan fingerprint density at radius 1 is 0.957 bits per heavy atom. The Morgan fingerprint density at radius 2 is 1.61 bits per heavy atom. The van der Waals surface area contributed by atoms with Gasteiger partial charge in [-0.15, -0.1) is 0 Å². The van der Waals surface area contributed by atoms with Gasteiger partial charge in [0.05, 0.1) is 5.71 Å². The van der Waals surface area contributed by atoms with E-state index >= 15 is 0 Å². The number of anilines is 1. The smallest absolute Gasteiger partial charge is 0.191 e. The van der Waals surface area contributed by atoms with Crippen LogP contribution >= 0.6 is 12.2 Å². The van der Waals surface area contributed by atoms with Crippen molar-refractivity contribution in [2.75, 3.05) is 5.32 Å². The molecule has 2 aromatic rings. The number of thiocarbonyl (C=S) groups is 1. The average molecular weight is 325 g/mol. The van der Waals surface area contributed by atoms with Gasteiger partial charge in [0.15, 0.2) is 5.11 Å². The number of para-hydroxylation sites is 1. The largest absolute Gasteiger partial charge is 0.331 e. The predicted molar refractivity (Wildman–Crippen MR) is 103 cm³/mol. The summed E-state index contributed by atoms with van der Waals surface area (Å²) in [6.07, 6.45) is 4.48. The molecule has 0 amide bonds. The predicted octanol–water partition coefficient (Wildman–Crippen LogP) is 4.96. The maximum Gasteiger partial charge on any atom is 0.191 e. The van der Waals surface area contributed by atoms with Crippen LogP contribution in [-0.2, 0) is 0 Å². The summed E-state index contributed by atoms with van der Waals surface area (Å²) >= 11 is 5.31. The standard InChI is InChI=1S/C19H23N3S/c1-2-3-6-15-18(16-11-7-4-8-12-16)21-22-19(23)20-17-13-9-5-10-14-17/h4-5,7-14H,2-3,6,15H2,1H3,(H2,20,22,23)/b21-18+. The maximum absolute atomic E-state index is 5.31. The lowest BCUT2D eigenvalue weighted by atomic mass is 10.0. The van der Waals surface area contributed by atoms with Crippen molar-refractivity contribution in [3.8, 4) is 0 Å². The fourth-order valence-electron chi connectivity index (χ4n) is 2.24. The van der Waals surface area contributed by atoms with Crippen LogP contribution in [0, 0.1) is 0 Å². The van der Waals surface area contributed by atoms with Gasteiger partial charge >= 0.3 is 0 Å². The number of nitrogens with zero attached hydrogens (tertiary/aromatic N) is 1. The molecule has 0 aliphatic heterocycles. The van der Waals surface area contributed by atoms with Crippen LogP contribution in [0.25, 0.3) is 0 Å². The fourth-order valence-corrected chi connectivity index (χ4v) is 2.40. The summed E-state index contributed by atoms with van der Waals surface area (Å²) in [7, 11) is 0. The normalized spacial score (nSPS) is 11.1.